The molecular weight excluding hydrogens is 521 g/mol. The van der Waals surface area contributed by atoms with E-state index in [1.807, 2.05) is 49.4 Å². The standard InChI is InChI=1S/C33H27N5O2.Na/c1-4-30-35-31-21(2)18-22(3)34-32(31)37(30)20-24-14-16-27-26(19-24)29(17-15-23-10-6-5-7-11-23)38(36-27)28-13-9-8-12-25(28)33(39)40;/h5-14,16,18-19H,4,20H2,1-3H3,(H,39,40);/q;+1/p-1. The van der Waals surface area contributed by atoms with Crippen molar-refractivity contribution in [3.05, 3.63) is 118 Å². The van der Waals surface area contributed by atoms with Crippen molar-refractivity contribution in [2.45, 2.75) is 33.7 Å². The van der Waals surface area contributed by atoms with Gasteiger partial charge in [-0.25, -0.2) is 14.6 Å². The van der Waals surface area contributed by atoms with Gasteiger partial charge in [0.25, 0.3) is 0 Å². The number of carbonyl (C=O) groups excluding carboxylic acids is 1. The molecule has 41 heavy (non-hydrogen) atoms. The quantitative estimate of drug-likeness (QED) is 0.243. The Morgan fingerprint density at radius 3 is 2.44 bits per heavy atom. The summed E-state index contributed by atoms with van der Waals surface area (Å²) < 4.78 is 3.77. The number of carbonyl (C=O) groups is 1. The third kappa shape index (κ3) is 5.42. The first-order chi connectivity index (χ1) is 19.4. The van der Waals surface area contributed by atoms with E-state index in [0.29, 0.717) is 23.4 Å². The van der Waals surface area contributed by atoms with Crippen molar-refractivity contribution in [2.75, 3.05) is 0 Å². The number of aromatic nitrogens is 5. The number of carboxylic acid groups (broad SMARTS) is 1. The number of fused-ring (bicyclic) bond motifs is 2. The Morgan fingerprint density at radius 2 is 1.68 bits per heavy atom. The minimum atomic E-state index is -1.27. The van der Waals surface area contributed by atoms with Crippen molar-refractivity contribution in [3.8, 4) is 17.5 Å². The zero-order chi connectivity index (χ0) is 27.8. The molecule has 6 aromatic rings. The first kappa shape index (κ1) is 28.3. The number of aryl methyl sites for hydroxylation is 3. The number of benzene rings is 3. The monoisotopic (exact) mass is 547 g/mol. The summed E-state index contributed by atoms with van der Waals surface area (Å²) in [6.45, 7) is 6.74. The first-order valence-electron chi connectivity index (χ1n) is 13.2. The Bertz CT molecular complexity index is 1980. The van der Waals surface area contributed by atoms with Crippen molar-refractivity contribution < 1.29 is 39.5 Å². The van der Waals surface area contributed by atoms with Crippen LogP contribution in [0.4, 0.5) is 0 Å². The van der Waals surface area contributed by atoms with Crippen LogP contribution < -0.4 is 34.7 Å². The van der Waals surface area contributed by atoms with Crippen LogP contribution >= 0.6 is 0 Å². The van der Waals surface area contributed by atoms with E-state index in [1.54, 1.807) is 22.9 Å². The molecule has 0 unspecified atom stereocenters. The van der Waals surface area contributed by atoms with E-state index in [9.17, 15) is 9.90 Å². The summed E-state index contributed by atoms with van der Waals surface area (Å²) in [7, 11) is 0. The van der Waals surface area contributed by atoms with E-state index in [4.69, 9.17) is 15.1 Å². The molecule has 0 atom stereocenters. The number of aromatic carboxylic acids is 1. The zero-order valence-corrected chi connectivity index (χ0v) is 25.5. The fourth-order valence-electron chi connectivity index (χ4n) is 5.08. The van der Waals surface area contributed by atoms with Gasteiger partial charge >= 0.3 is 29.6 Å². The van der Waals surface area contributed by atoms with Crippen LogP contribution in [0.25, 0.3) is 27.8 Å². The molecule has 6 rings (SSSR count). The smallest absolute Gasteiger partial charge is 0.545 e. The number of carboxylic acids is 1. The molecule has 0 amide bonds. The molecule has 0 N–H and O–H groups in total. The molecule has 0 spiro atoms. The molecule has 0 bridgehead atoms. The van der Waals surface area contributed by atoms with E-state index < -0.39 is 5.97 Å². The van der Waals surface area contributed by atoms with Crippen molar-refractivity contribution >= 4 is 28.0 Å². The summed E-state index contributed by atoms with van der Waals surface area (Å²) >= 11 is 0. The van der Waals surface area contributed by atoms with Gasteiger partial charge in [-0.2, -0.15) is 5.10 Å². The maximum atomic E-state index is 11.9. The molecule has 0 aliphatic rings. The summed E-state index contributed by atoms with van der Waals surface area (Å²) in [6.07, 6.45) is 0.781. The van der Waals surface area contributed by atoms with Crippen LogP contribution in [0.1, 0.15) is 51.2 Å². The molecule has 0 fully saturated rings. The molecule has 196 valence electrons. The first-order valence-corrected chi connectivity index (χ1v) is 13.2. The van der Waals surface area contributed by atoms with Gasteiger partial charge in [0.1, 0.15) is 17.0 Å². The molecule has 0 radical (unpaired) electrons. The average molecular weight is 548 g/mol. The van der Waals surface area contributed by atoms with Crippen molar-refractivity contribution in [3.63, 3.8) is 0 Å². The number of nitrogens with zero attached hydrogens (tertiary/aromatic N) is 5. The maximum absolute atomic E-state index is 11.9. The molecule has 0 aliphatic heterocycles. The summed E-state index contributed by atoms with van der Waals surface area (Å²) in [5.74, 6) is 6.20. The van der Waals surface area contributed by atoms with Gasteiger partial charge in [-0.05, 0) is 67.3 Å². The van der Waals surface area contributed by atoms with Crippen molar-refractivity contribution in [2.24, 2.45) is 0 Å². The van der Waals surface area contributed by atoms with Crippen LogP contribution in [0.3, 0.4) is 0 Å². The molecule has 0 saturated carbocycles. The van der Waals surface area contributed by atoms with Crippen LogP contribution in [0.15, 0.2) is 78.9 Å². The Morgan fingerprint density at radius 1 is 0.927 bits per heavy atom. The molecule has 3 aromatic heterocycles. The van der Waals surface area contributed by atoms with Gasteiger partial charge in [0, 0.05) is 28.6 Å². The Labute approximate surface area is 260 Å². The molecular formula is C33H26N5NaO2. The zero-order valence-electron chi connectivity index (χ0n) is 23.5. The molecule has 0 aliphatic carbocycles. The second kappa shape index (κ2) is 11.7. The van der Waals surface area contributed by atoms with Crippen LogP contribution in [0.2, 0.25) is 0 Å². The van der Waals surface area contributed by atoms with Gasteiger partial charge in [0.15, 0.2) is 5.65 Å². The van der Waals surface area contributed by atoms with Gasteiger partial charge in [0.2, 0.25) is 0 Å². The van der Waals surface area contributed by atoms with Gasteiger partial charge in [-0.3, -0.25) is 0 Å². The Kier molecular flexibility index (Phi) is 8.09. The van der Waals surface area contributed by atoms with Gasteiger partial charge in [-0.1, -0.05) is 55.3 Å². The number of hydrogen-bond donors (Lipinski definition) is 0. The van der Waals surface area contributed by atoms with Crippen molar-refractivity contribution in [1.29, 1.82) is 0 Å². The number of pyridine rings is 1. The topological polar surface area (TPSA) is 88.7 Å². The largest absolute Gasteiger partial charge is 1.00 e. The molecule has 8 heteroatoms. The van der Waals surface area contributed by atoms with Crippen LogP contribution in [0.5, 0.6) is 0 Å². The fourth-order valence-corrected chi connectivity index (χ4v) is 5.08. The maximum Gasteiger partial charge on any atom is 1.00 e. The van der Waals surface area contributed by atoms with E-state index in [2.05, 4.69) is 42.4 Å². The fraction of sp³-hybridized carbons (Fsp3) is 0.152. The third-order valence-corrected chi connectivity index (χ3v) is 6.94. The van der Waals surface area contributed by atoms with E-state index in [-0.39, 0.29) is 35.1 Å². The number of rotatable bonds is 5. The predicted octanol–water partition coefficient (Wildman–Crippen LogP) is 1.77. The second-order valence-corrected chi connectivity index (χ2v) is 9.75. The third-order valence-electron chi connectivity index (χ3n) is 6.94. The summed E-state index contributed by atoms with van der Waals surface area (Å²) in [6, 6.07) is 24.5. The molecule has 7 nitrogen and oxygen atoms in total. The van der Waals surface area contributed by atoms with E-state index in [1.165, 1.54) is 6.07 Å². The second-order valence-electron chi connectivity index (χ2n) is 9.75. The van der Waals surface area contributed by atoms with Crippen LogP contribution in [-0.2, 0) is 13.0 Å². The van der Waals surface area contributed by atoms with E-state index in [0.717, 1.165) is 51.2 Å². The minimum absolute atomic E-state index is 0. The number of imidazole rings is 1. The van der Waals surface area contributed by atoms with E-state index >= 15 is 0 Å². The Hall–Kier alpha value is -4.22. The molecule has 3 aromatic carbocycles. The number of para-hydroxylation sites is 1. The summed E-state index contributed by atoms with van der Waals surface area (Å²) in [5, 5.41) is 17.6. The number of hydrogen-bond acceptors (Lipinski definition) is 5. The predicted molar refractivity (Wildman–Crippen MR) is 153 cm³/mol. The SMILES string of the molecule is CCc1nc2c(C)cc(C)nc2n1Cc1ccc2nn(-c3ccccc3C(=O)[O-])c(C#Cc3ccccc3)c2c1.[Na+]. The van der Waals surface area contributed by atoms with Crippen LogP contribution in [-0.4, -0.2) is 30.3 Å². The normalized spacial score (nSPS) is 10.8. The molecule has 3 heterocycles. The summed E-state index contributed by atoms with van der Waals surface area (Å²) in [5.41, 5.74) is 7.51. The van der Waals surface area contributed by atoms with Gasteiger partial charge < -0.3 is 14.5 Å². The van der Waals surface area contributed by atoms with Gasteiger partial charge in [0.05, 0.1) is 23.7 Å². The molecule has 0 saturated heterocycles. The Balaban J connectivity index is 0.00000337. The van der Waals surface area contributed by atoms with Crippen molar-refractivity contribution in [1.82, 2.24) is 24.3 Å². The summed E-state index contributed by atoms with van der Waals surface area (Å²) in [4.78, 5) is 21.6. The van der Waals surface area contributed by atoms with Crippen LogP contribution in [0, 0.1) is 25.7 Å². The minimum Gasteiger partial charge on any atom is -0.545 e. The average Bonchev–Trinajstić information content (AvgIpc) is 3.50. The van der Waals surface area contributed by atoms with Gasteiger partial charge in [-0.15, -0.1) is 0 Å².